The minimum Gasteiger partial charge on any atom is -0.489 e. The largest absolute Gasteiger partial charge is 0.489 e. The lowest BCUT2D eigenvalue weighted by molar-refractivity contribution is -0.133. The van der Waals surface area contributed by atoms with Gasteiger partial charge in [-0.15, -0.1) is 0 Å². The van der Waals surface area contributed by atoms with E-state index in [1.54, 1.807) is 48.5 Å². The van der Waals surface area contributed by atoms with Crippen LogP contribution in [-0.2, 0) is 22.8 Å². The molecule has 0 atom stereocenters. The summed E-state index contributed by atoms with van der Waals surface area (Å²) in [5.41, 5.74) is 2.40. The molecule has 1 heterocycles. The first kappa shape index (κ1) is 26.4. The number of amides is 2. The Hall–Kier alpha value is -5.24. The molecule has 8 heteroatoms. The molecule has 2 amide bonds. The molecule has 202 valence electrons. The van der Waals surface area contributed by atoms with Crippen LogP contribution >= 0.6 is 0 Å². The summed E-state index contributed by atoms with van der Waals surface area (Å²) in [7, 11) is 0. The van der Waals surface area contributed by atoms with Gasteiger partial charge in [-0.1, -0.05) is 60.7 Å². The van der Waals surface area contributed by atoms with Crippen LogP contribution in [0.25, 0.3) is 0 Å². The number of carbonyl (C=O) groups excluding carboxylic acids is 2. The molecule has 0 aliphatic carbocycles. The molecule has 0 radical (unpaired) electrons. The molecule has 2 N–H and O–H groups in total. The van der Waals surface area contributed by atoms with Crippen LogP contribution in [0.4, 0.5) is 11.4 Å². The highest BCUT2D eigenvalue weighted by Crippen LogP contribution is 2.29. The molecular formula is C32H28N2O6. The molecule has 0 aromatic heterocycles. The molecule has 0 bridgehead atoms. The van der Waals surface area contributed by atoms with E-state index in [-0.39, 0.29) is 13.2 Å². The number of fused-ring (bicyclic) bond motifs is 4. The molecule has 4 aromatic carbocycles. The highest BCUT2D eigenvalue weighted by atomic mass is 16.5. The quantitative estimate of drug-likeness (QED) is 0.220. The molecule has 0 unspecified atom stereocenters. The van der Waals surface area contributed by atoms with Crippen molar-refractivity contribution in [3.8, 4) is 23.0 Å². The second-order valence-electron chi connectivity index (χ2n) is 8.79. The SMILES string of the molecule is O=C1Nc2ccccc2OCc2ccccc2OC/C=C/COc2ccccc2COc2ccccc2NC1=O. The van der Waals surface area contributed by atoms with Crippen molar-refractivity contribution in [2.24, 2.45) is 0 Å². The van der Waals surface area contributed by atoms with E-state index in [1.807, 2.05) is 60.7 Å². The van der Waals surface area contributed by atoms with E-state index >= 15 is 0 Å². The van der Waals surface area contributed by atoms with E-state index in [1.165, 1.54) is 0 Å². The predicted octanol–water partition coefficient (Wildman–Crippen LogP) is 5.75. The number of hydrogen-bond acceptors (Lipinski definition) is 6. The zero-order valence-corrected chi connectivity index (χ0v) is 21.7. The fraction of sp³-hybridized carbons (Fsp3) is 0.125. The minimum atomic E-state index is -0.845. The van der Waals surface area contributed by atoms with Crippen molar-refractivity contribution < 1.29 is 28.5 Å². The van der Waals surface area contributed by atoms with Crippen molar-refractivity contribution in [3.63, 3.8) is 0 Å². The van der Waals surface area contributed by atoms with Crippen molar-refractivity contribution in [1.82, 2.24) is 0 Å². The van der Waals surface area contributed by atoms with E-state index in [4.69, 9.17) is 18.9 Å². The van der Waals surface area contributed by atoms with Crippen molar-refractivity contribution in [3.05, 3.63) is 120 Å². The number of hydrogen-bond donors (Lipinski definition) is 2. The number of anilines is 2. The van der Waals surface area contributed by atoms with Gasteiger partial charge in [-0.25, -0.2) is 0 Å². The van der Waals surface area contributed by atoms with Gasteiger partial charge in [-0.3, -0.25) is 9.59 Å². The van der Waals surface area contributed by atoms with Crippen LogP contribution in [0.5, 0.6) is 23.0 Å². The van der Waals surface area contributed by atoms with Crippen molar-refractivity contribution in [2.45, 2.75) is 13.2 Å². The van der Waals surface area contributed by atoms with E-state index in [2.05, 4.69) is 10.6 Å². The highest BCUT2D eigenvalue weighted by Gasteiger charge is 2.18. The Morgan fingerprint density at radius 3 is 1.27 bits per heavy atom. The Morgan fingerprint density at radius 2 is 0.825 bits per heavy atom. The van der Waals surface area contributed by atoms with Gasteiger partial charge in [0, 0.05) is 11.1 Å². The normalized spacial score (nSPS) is 15.1. The van der Waals surface area contributed by atoms with Crippen LogP contribution in [0.15, 0.2) is 109 Å². The molecule has 1 aliphatic heterocycles. The van der Waals surface area contributed by atoms with E-state index in [0.717, 1.165) is 11.1 Å². The standard InChI is InChI=1S/C32H28N2O6/c35-31-32(36)34-26-14-4-8-18-30(26)40-22-24-12-2-6-16-28(24)38-20-10-9-19-37-27-15-5-1-11-23(27)21-39-29-17-7-3-13-25(29)33-31/h1-18H,19-22H2,(H,33,35)(H,34,36)/b10-9+. The number of ether oxygens (including phenoxy) is 4. The summed E-state index contributed by atoms with van der Waals surface area (Å²) in [4.78, 5) is 25.7. The van der Waals surface area contributed by atoms with Gasteiger partial charge in [0.15, 0.2) is 0 Å². The van der Waals surface area contributed by atoms with Gasteiger partial charge >= 0.3 is 11.8 Å². The van der Waals surface area contributed by atoms with Crippen LogP contribution in [0.1, 0.15) is 11.1 Å². The molecule has 0 fully saturated rings. The van der Waals surface area contributed by atoms with Crippen LogP contribution in [0.3, 0.4) is 0 Å². The Morgan fingerprint density at radius 1 is 0.450 bits per heavy atom. The third kappa shape index (κ3) is 6.79. The Kier molecular flexibility index (Phi) is 8.58. The molecule has 8 nitrogen and oxygen atoms in total. The van der Waals surface area contributed by atoms with Crippen molar-refractivity contribution >= 4 is 23.2 Å². The lowest BCUT2D eigenvalue weighted by atomic mass is 10.2. The molecule has 0 saturated carbocycles. The van der Waals surface area contributed by atoms with Gasteiger partial charge in [-0.05, 0) is 48.6 Å². The first-order valence-electron chi connectivity index (χ1n) is 12.8. The monoisotopic (exact) mass is 536 g/mol. The van der Waals surface area contributed by atoms with Crippen molar-refractivity contribution in [1.29, 1.82) is 0 Å². The van der Waals surface area contributed by atoms with Crippen molar-refractivity contribution in [2.75, 3.05) is 23.8 Å². The molecule has 40 heavy (non-hydrogen) atoms. The Balaban J connectivity index is 1.41. The molecule has 4 aromatic rings. The lowest BCUT2D eigenvalue weighted by Gasteiger charge is -2.16. The predicted molar refractivity (Wildman–Crippen MR) is 152 cm³/mol. The Labute approximate surface area is 232 Å². The topological polar surface area (TPSA) is 95.1 Å². The maximum Gasteiger partial charge on any atom is 0.314 e. The lowest BCUT2D eigenvalue weighted by Crippen LogP contribution is -2.29. The molecule has 0 saturated heterocycles. The van der Waals surface area contributed by atoms with Gasteiger partial charge in [0.1, 0.15) is 49.4 Å². The maximum atomic E-state index is 12.8. The first-order valence-corrected chi connectivity index (χ1v) is 12.8. The molecule has 1 aliphatic rings. The number of rotatable bonds is 0. The Bertz CT molecular complexity index is 1400. The summed E-state index contributed by atoms with van der Waals surface area (Å²) in [5, 5.41) is 5.28. The third-order valence-electron chi connectivity index (χ3n) is 6.03. The third-order valence-corrected chi connectivity index (χ3v) is 6.03. The molecular weight excluding hydrogens is 508 g/mol. The highest BCUT2D eigenvalue weighted by molar-refractivity contribution is 6.44. The number of para-hydroxylation sites is 6. The molecule has 0 spiro atoms. The zero-order chi connectivity index (χ0) is 27.6. The van der Waals surface area contributed by atoms with Crippen LogP contribution in [-0.4, -0.2) is 25.0 Å². The van der Waals surface area contributed by atoms with Gasteiger partial charge in [0.25, 0.3) is 0 Å². The summed E-state index contributed by atoms with van der Waals surface area (Å²) in [6, 6.07) is 29.0. The average Bonchev–Trinajstić information content (AvgIpc) is 2.98. The summed E-state index contributed by atoms with van der Waals surface area (Å²) < 4.78 is 23.9. The van der Waals surface area contributed by atoms with E-state index in [0.29, 0.717) is 47.6 Å². The van der Waals surface area contributed by atoms with Gasteiger partial charge in [0.05, 0.1) is 11.4 Å². The number of benzene rings is 4. The fourth-order valence-corrected chi connectivity index (χ4v) is 4.00. The summed E-state index contributed by atoms with van der Waals surface area (Å²) in [5.74, 6) is 0.499. The second kappa shape index (κ2) is 13.0. The van der Waals surface area contributed by atoms with Gasteiger partial charge in [-0.2, -0.15) is 0 Å². The van der Waals surface area contributed by atoms with Gasteiger partial charge in [0.2, 0.25) is 0 Å². The molecule has 5 rings (SSSR count). The van der Waals surface area contributed by atoms with Crippen LogP contribution in [0.2, 0.25) is 0 Å². The van der Waals surface area contributed by atoms with Gasteiger partial charge < -0.3 is 29.6 Å². The summed E-state index contributed by atoms with van der Waals surface area (Å²) in [6.45, 7) is 1.10. The zero-order valence-electron chi connectivity index (χ0n) is 21.7. The summed E-state index contributed by atoms with van der Waals surface area (Å²) in [6.07, 6.45) is 3.79. The van der Waals surface area contributed by atoms with E-state index < -0.39 is 11.8 Å². The summed E-state index contributed by atoms with van der Waals surface area (Å²) >= 11 is 0. The maximum absolute atomic E-state index is 12.8. The first-order chi connectivity index (χ1) is 19.7. The van der Waals surface area contributed by atoms with E-state index in [9.17, 15) is 9.59 Å². The smallest absolute Gasteiger partial charge is 0.314 e. The number of nitrogens with one attached hydrogen (secondary N) is 2. The average molecular weight is 537 g/mol. The number of carbonyl (C=O) groups is 2. The minimum absolute atomic E-state index is 0.198. The fourth-order valence-electron chi connectivity index (χ4n) is 4.00. The second-order valence-corrected chi connectivity index (χ2v) is 8.79. The van der Waals surface area contributed by atoms with Crippen LogP contribution < -0.4 is 29.6 Å². The van der Waals surface area contributed by atoms with Crippen LogP contribution in [0, 0.1) is 0 Å².